The molecule has 1 radical (unpaired) electrons. The Hall–Kier alpha value is -0.120. The predicted octanol–water partition coefficient (Wildman–Crippen LogP) is 1.41. The van der Waals surface area contributed by atoms with Crippen molar-refractivity contribution in [2.45, 2.75) is 33.1 Å². The van der Waals surface area contributed by atoms with Gasteiger partial charge in [-0.2, -0.15) is 0 Å². The largest absolute Gasteiger partial charge is 0.339 e. The van der Waals surface area contributed by atoms with Gasteiger partial charge >= 0.3 is 0 Å². The average molecular weight is 146 g/mol. The Labute approximate surface area is 62.5 Å². The zero-order valence-electron chi connectivity index (χ0n) is 6.72. The molecule has 0 saturated carbocycles. The van der Waals surface area contributed by atoms with E-state index in [-0.39, 0.29) is 0 Å². The van der Waals surface area contributed by atoms with Crippen LogP contribution in [0.15, 0.2) is 0 Å². The molecule has 0 aromatic rings. The summed E-state index contributed by atoms with van der Waals surface area (Å²) in [5.74, 6) is 0. The molecule has 10 heavy (non-hydrogen) atoms. The molecule has 0 heterocycles. The van der Waals surface area contributed by atoms with Gasteiger partial charge in [-0.3, -0.25) is 0 Å². The lowest BCUT2D eigenvalue weighted by Crippen LogP contribution is -2.19. The number of nitrogens with one attached hydrogen (secondary N) is 1. The molecule has 3 nitrogen and oxygen atoms in total. The first-order valence-corrected chi connectivity index (χ1v) is 3.75. The molecule has 0 fully saturated rings. The first-order valence-electron chi connectivity index (χ1n) is 3.75. The summed E-state index contributed by atoms with van der Waals surface area (Å²) in [5, 5.41) is 0. The fraction of sp³-hybridized carbons (Fsp3) is 1.00. The van der Waals surface area contributed by atoms with Crippen LogP contribution in [0.2, 0.25) is 0 Å². The molecule has 0 saturated heterocycles. The molecule has 0 bridgehead atoms. The van der Waals surface area contributed by atoms with E-state index in [2.05, 4.69) is 0 Å². The molecule has 0 unspecified atom stereocenters. The minimum atomic E-state index is -0.778. The third-order valence-electron chi connectivity index (χ3n) is 0.947. The normalized spacial score (nSPS) is 10.8. The van der Waals surface area contributed by atoms with Gasteiger partial charge in [0.15, 0.2) is 0 Å². The smallest absolute Gasteiger partial charge is 0.229 e. The van der Waals surface area contributed by atoms with Gasteiger partial charge in [-0.1, -0.05) is 13.8 Å². The van der Waals surface area contributed by atoms with E-state index < -0.39 is 6.41 Å². The van der Waals surface area contributed by atoms with E-state index in [1.807, 2.05) is 13.8 Å². The molecule has 1 N–H and O–H groups in total. The van der Waals surface area contributed by atoms with Gasteiger partial charge in [0.25, 0.3) is 0 Å². The van der Waals surface area contributed by atoms with Crippen molar-refractivity contribution >= 4 is 0 Å². The molecule has 0 spiro atoms. The van der Waals surface area contributed by atoms with Gasteiger partial charge in [-0.15, -0.1) is 0 Å². The van der Waals surface area contributed by atoms with Crippen LogP contribution in [0.3, 0.4) is 0 Å². The summed E-state index contributed by atoms with van der Waals surface area (Å²) in [6, 6.07) is 0. The molecule has 0 aromatic carbocycles. The molecule has 0 amide bonds. The lowest BCUT2D eigenvalue weighted by Gasteiger charge is -2.10. The first kappa shape index (κ1) is 9.88. The van der Waals surface area contributed by atoms with Crippen LogP contribution in [0, 0.1) is 0 Å². The van der Waals surface area contributed by atoms with Gasteiger partial charge in [0.2, 0.25) is 6.41 Å². The van der Waals surface area contributed by atoms with E-state index in [4.69, 9.17) is 15.2 Å². The van der Waals surface area contributed by atoms with Crippen molar-refractivity contribution in [3.8, 4) is 0 Å². The Kier molecular flexibility index (Phi) is 6.91. The number of ether oxygens (including phenoxy) is 2. The highest BCUT2D eigenvalue weighted by Gasteiger charge is 1.99. The quantitative estimate of drug-likeness (QED) is 0.531. The zero-order chi connectivity index (χ0) is 7.82. The lowest BCUT2D eigenvalue weighted by molar-refractivity contribution is -0.142. The van der Waals surface area contributed by atoms with Crippen molar-refractivity contribution < 1.29 is 9.47 Å². The predicted molar refractivity (Wildman–Crippen MR) is 39.4 cm³/mol. The van der Waals surface area contributed by atoms with Crippen LogP contribution in [0.4, 0.5) is 0 Å². The highest BCUT2D eigenvalue weighted by molar-refractivity contribution is 4.30. The second kappa shape index (κ2) is 6.99. The van der Waals surface area contributed by atoms with Crippen LogP contribution in [-0.2, 0) is 9.47 Å². The van der Waals surface area contributed by atoms with Crippen molar-refractivity contribution in [2.75, 3.05) is 13.2 Å². The second-order valence-corrected chi connectivity index (χ2v) is 2.07. The molecule has 0 aliphatic heterocycles. The van der Waals surface area contributed by atoms with E-state index >= 15 is 0 Å². The van der Waals surface area contributed by atoms with Crippen molar-refractivity contribution in [1.29, 1.82) is 0 Å². The monoisotopic (exact) mass is 146 g/mol. The van der Waals surface area contributed by atoms with Crippen LogP contribution in [0.5, 0.6) is 0 Å². The van der Waals surface area contributed by atoms with Crippen molar-refractivity contribution in [3.63, 3.8) is 0 Å². The highest BCUT2D eigenvalue weighted by Crippen LogP contribution is 1.91. The van der Waals surface area contributed by atoms with Gasteiger partial charge in [-0.05, 0) is 12.8 Å². The van der Waals surface area contributed by atoms with Crippen molar-refractivity contribution in [3.05, 3.63) is 0 Å². The average Bonchev–Trinajstić information content (AvgIpc) is 1.97. The SMILES string of the molecule is CCCOC([NH])OCCC. The first-order chi connectivity index (χ1) is 4.81. The van der Waals surface area contributed by atoms with Gasteiger partial charge in [-0.25, -0.2) is 5.73 Å². The summed E-state index contributed by atoms with van der Waals surface area (Å²) in [7, 11) is 0. The Balaban J connectivity index is 3.00. The summed E-state index contributed by atoms with van der Waals surface area (Å²) < 4.78 is 9.88. The van der Waals surface area contributed by atoms with E-state index in [0.717, 1.165) is 12.8 Å². The summed E-state index contributed by atoms with van der Waals surface area (Å²) in [6.45, 7) is 5.23. The van der Waals surface area contributed by atoms with Crippen LogP contribution in [0.25, 0.3) is 0 Å². The summed E-state index contributed by atoms with van der Waals surface area (Å²) in [4.78, 5) is 0. The lowest BCUT2D eigenvalue weighted by atomic mass is 10.5. The number of hydrogen-bond acceptors (Lipinski definition) is 2. The van der Waals surface area contributed by atoms with Gasteiger partial charge < -0.3 is 9.47 Å². The van der Waals surface area contributed by atoms with E-state index in [0.29, 0.717) is 13.2 Å². The molecular weight excluding hydrogens is 130 g/mol. The van der Waals surface area contributed by atoms with Crippen molar-refractivity contribution in [2.24, 2.45) is 0 Å². The Morgan fingerprint density at radius 1 is 1.10 bits per heavy atom. The van der Waals surface area contributed by atoms with Gasteiger partial charge in [0.05, 0.1) is 13.2 Å². The van der Waals surface area contributed by atoms with Crippen LogP contribution in [-0.4, -0.2) is 19.6 Å². The molecular formula is C7H16NO2. The second-order valence-electron chi connectivity index (χ2n) is 2.07. The maximum Gasteiger partial charge on any atom is 0.229 e. The van der Waals surface area contributed by atoms with E-state index in [9.17, 15) is 0 Å². The highest BCUT2D eigenvalue weighted by atomic mass is 16.7. The standard InChI is InChI=1S/C7H16NO2/c1-3-5-9-7(8)10-6-4-2/h7-8H,3-6H2,1-2H3. The number of rotatable bonds is 6. The molecule has 0 atom stereocenters. The minimum absolute atomic E-state index is 0.609. The molecule has 0 rings (SSSR count). The Bertz CT molecular complexity index is 60.6. The Morgan fingerprint density at radius 3 is 1.80 bits per heavy atom. The maximum absolute atomic E-state index is 7.13. The van der Waals surface area contributed by atoms with Crippen LogP contribution >= 0.6 is 0 Å². The molecule has 0 aliphatic rings. The third-order valence-corrected chi connectivity index (χ3v) is 0.947. The van der Waals surface area contributed by atoms with Crippen molar-refractivity contribution in [1.82, 2.24) is 5.73 Å². The fourth-order valence-corrected chi connectivity index (χ4v) is 0.498. The maximum atomic E-state index is 7.13. The van der Waals surface area contributed by atoms with Gasteiger partial charge in [0.1, 0.15) is 0 Å². The molecule has 61 valence electrons. The minimum Gasteiger partial charge on any atom is -0.339 e. The summed E-state index contributed by atoms with van der Waals surface area (Å²) >= 11 is 0. The Morgan fingerprint density at radius 2 is 1.50 bits per heavy atom. The third kappa shape index (κ3) is 6.01. The van der Waals surface area contributed by atoms with Crippen LogP contribution < -0.4 is 5.73 Å². The fourth-order valence-electron chi connectivity index (χ4n) is 0.498. The number of hydrogen-bond donors (Lipinski definition) is 0. The van der Waals surface area contributed by atoms with E-state index in [1.54, 1.807) is 0 Å². The molecule has 0 aromatic heterocycles. The molecule has 3 heteroatoms. The summed E-state index contributed by atoms with van der Waals surface area (Å²) in [5.41, 5.74) is 7.13. The topological polar surface area (TPSA) is 42.3 Å². The van der Waals surface area contributed by atoms with Crippen LogP contribution in [0.1, 0.15) is 26.7 Å². The van der Waals surface area contributed by atoms with Gasteiger partial charge in [0, 0.05) is 0 Å². The molecule has 0 aliphatic carbocycles. The van der Waals surface area contributed by atoms with E-state index in [1.165, 1.54) is 0 Å². The zero-order valence-corrected chi connectivity index (χ0v) is 6.72. The summed E-state index contributed by atoms with van der Waals surface area (Å²) in [6.07, 6.45) is 1.09.